The highest BCUT2D eigenvalue weighted by Gasteiger charge is 2.26. The summed E-state index contributed by atoms with van der Waals surface area (Å²) in [5, 5.41) is 0.483. The fourth-order valence-corrected chi connectivity index (χ4v) is 2.94. The maximum atomic E-state index is 12.7. The van der Waals surface area contributed by atoms with Crippen LogP contribution in [0.4, 0.5) is 0 Å². The molecule has 0 bridgehead atoms. The molecule has 3 rings (SSSR count). The van der Waals surface area contributed by atoms with E-state index in [1.54, 1.807) is 49.8 Å². The molecule has 24 heavy (non-hydrogen) atoms. The molecule has 1 amide bonds. The van der Waals surface area contributed by atoms with Crippen molar-refractivity contribution in [1.29, 1.82) is 0 Å². The summed E-state index contributed by atoms with van der Waals surface area (Å²) >= 11 is 6.09. The summed E-state index contributed by atoms with van der Waals surface area (Å²) in [6.07, 6.45) is 4.92. The zero-order valence-corrected chi connectivity index (χ0v) is 14.2. The molecule has 1 atom stereocenters. The third-order valence-electron chi connectivity index (χ3n) is 4.03. The first-order chi connectivity index (χ1) is 11.7. The van der Waals surface area contributed by atoms with Crippen LogP contribution in [0.3, 0.4) is 0 Å². The van der Waals surface area contributed by atoms with Crippen LogP contribution in [0.2, 0.25) is 5.02 Å². The van der Waals surface area contributed by atoms with E-state index >= 15 is 0 Å². The van der Waals surface area contributed by atoms with Gasteiger partial charge in [0.1, 0.15) is 22.6 Å². The van der Waals surface area contributed by atoms with Gasteiger partial charge in [0, 0.05) is 30.6 Å². The van der Waals surface area contributed by atoms with E-state index in [4.69, 9.17) is 21.1 Å². The summed E-state index contributed by atoms with van der Waals surface area (Å²) in [7, 11) is 1.60. The number of ether oxygens (including phenoxy) is 2. The predicted molar refractivity (Wildman–Crippen MR) is 91.8 cm³/mol. The molecule has 1 aromatic heterocycles. The van der Waals surface area contributed by atoms with E-state index in [1.807, 2.05) is 4.90 Å². The molecule has 1 aliphatic rings. The molecule has 0 radical (unpaired) electrons. The van der Waals surface area contributed by atoms with E-state index in [0.29, 0.717) is 22.9 Å². The summed E-state index contributed by atoms with van der Waals surface area (Å²) < 4.78 is 11.1. The number of benzene rings is 1. The van der Waals surface area contributed by atoms with Crippen LogP contribution in [0, 0.1) is 0 Å². The number of rotatable bonds is 4. The number of halogens is 1. The standard InChI is InChI=1S/C18H19ClN2O3/c1-23-14-6-4-13(5-7-14)18(22)21-10-2-3-15(12-21)24-17-8-9-20-11-16(17)19/h4-9,11,15H,2-3,10,12H2,1H3. The minimum atomic E-state index is -0.0687. The Morgan fingerprint density at radius 2 is 2.08 bits per heavy atom. The maximum absolute atomic E-state index is 12.7. The van der Waals surface area contributed by atoms with Gasteiger partial charge < -0.3 is 14.4 Å². The molecule has 1 fully saturated rings. The van der Waals surface area contributed by atoms with Crippen LogP contribution >= 0.6 is 11.6 Å². The van der Waals surface area contributed by atoms with Gasteiger partial charge in [-0.3, -0.25) is 9.78 Å². The topological polar surface area (TPSA) is 51.7 Å². The number of carbonyl (C=O) groups is 1. The zero-order chi connectivity index (χ0) is 16.9. The van der Waals surface area contributed by atoms with Crippen molar-refractivity contribution in [3.05, 3.63) is 53.3 Å². The Morgan fingerprint density at radius 3 is 2.79 bits per heavy atom. The van der Waals surface area contributed by atoms with Gasteiger partial charge >= 0.3 is 0 Å². The molecule has 1 aromatic carbocycles. The van der Waals surface area contributed by atoms with Gasteiger partial charge in [-0.15, -0.1) is 0 Å². The fourth-order valence-electron chi connectivity index (χ4n) is 2.77. The second-order valence-corrected chi connectivity index (χ2v) is 6.08. The van der Waals surface area contributed by atoms with E-state index in [0.717, 1.165) is 25.1 Å². The number of hydrogen-bond donors (Lipinski definition) is 0. The van der Waals surface area contributed by atoms with E-state index in [-0.39, 0.29) is 12.0 Å². The summed E-state index contributed by atoms with van der Waals surface area (Å²) in [4.78, 5) is 18.4. The van der Waals surface area contributed by atoms with E-state index in [1.165, 1.54) is 0 Å². The number of amides is 1. The number of nitrogens with zero attached hydrogens (tertiary/aromatic N) is 2. The molecule has 1 unspecified atom stereocenters. The Bertz CT molecular complexity index is 706. The number of aromatic nitrogens is 1. The summed E-state index contributed by atoms with van der Waals surface area (Å²) in [6.45, 7) is 1.28. The van der Waals surface area contributed by atoms with Gasteiger partial charge in [-0.05, 0) is 37.1 Å². The highest BCUT2D eigenvalue weighted by Crippen LogP contribution is 2.26. The third-order valence-corrected chi connectivity index (χ3v) is 4.32. The van der Waals surface area contributed by atoms with Crippen molar-refractivity contribution in [2.75, 3.05) is 20.2 Å². The number of likely N-dealkylation sites (tertiary alicyclic amines) is 1. The molecule has 0 aliphatic carbocycles. The van der Waals surface area contributed by atoms with Gasteiger partial charge in [0.2, 0.25) is 0 Å². The minimum Gasteiger partial charge on any atom is -0.497 e. The first-order valence-electron chi connectivity index (χ1n) is 7.87. The molecule has 6 heteroatoms. The van der Waals surface area contributed by atoms with E-state index in [9.17, 15) is 4.79 Å². The molecular weight excluding hydrogens is 328 g/mol. The Hall–Kier alpha value is -2.27. The molecule has 1 saturated heterocycles. The van der Waals surface area contributed by atoms with Gasteiger partial charge in [-0.2, -0.15) is 0 Å². The molecule has 0 N–H and O–H groups in total. The number of hydrogen-bond acceptors (Lipinski definition) is 4. The lowest BCUT2D eigenvalue weighted by Gasteiger charge is -2.33. The van der Waals surface area contributed by atoms with E-state index in [2.05, 4.69) is 4.98 Å². The Kier molecular flexibility index (Phi) is 5.20. The normalized spacial score (nSPS) is 17.4. The van der Waals surface area contributed by atoms with Crippen LogP contribution in [0.25, 0.3) is 0 Å². The predicted octanol–water partition coefficient (Wildman–Crippen LogP) is 3.43. The fraction of sp³-hybridized carbons (Fsp3) is 0.333. The molecular formula is C18H19ClN2O3. The van der Waals surface area contributed by atoms with Crippen LogP contribution in [-0.2, 0) is 0 Å². The van der Waals surface area contributed by atoms with Crippen molar-refractivity contribution >= 4 is 17.5 Å². The van der Waals surface area contributed by atoms with Crippen molar-refractivity contribution in [3.63, 3.8) is 0 Å². The van der Waals surface area contributed by atoms with Crippen LogP contribution in [0.1, 0.15) is 23.2 Å². The monoisotopic (exact) mass is 346 g/mol. The minimum absolute atomic E-state index is 0.00628. The lowest BCUT2D eigenvalue weighted by molar-refractivity contribution is 0.0538. The second kappa shape index (κ2) is 7.53. The molecule has 2 aromatic rings. The summed E-state index contributed by atoms with van der Waals surface area (Å²) in [5.41, 5.74) is 0.651. The molecule has 126 valence electrons. The Balaban J connectivity index is 1.66. The van der Waals surface area contributed by atoms with Gasteiger partial charge in [-0.25, -0.2) is 0 Å². The van der Waals surface area contributed by atoms with Crippen LogP contribution in [0.5, 0.6) is 11.5 Å². The number of pyridine rings is 1. The van der Waals surface area contributed by atoms with Crippen molar-refractivity contribution in [2.24, 2.45) is 0 Å². The van der Waals surface area contributed by atoms with Crippen molar-refractivity contribution in [2.45, 2.75) is 18.9 Å². The largest absolute Gasteiger partial charge is 0.497 e. The average molecular weight is 347 g/mol. The first kappa shape index (κ1) is 16.6. The van der Waals surface area contributed by atoms with Crippen LogP contribution in [-0.4, -0.2) is 42.1 Å². The van der Waals surface area contributed by atoms with Crippen LogP contribution < -0.4 is 9.47 Å². The highest BCUT2D eigenvalue weighted by molar-refractivity contribution is 6.31. The first-order valence-corrected chi connectivity index (χ1v) is 8.24. The maximum Gasteiger partial charge on any atom is 0.253 e. The smallest absolute Gasteiger partial charge is 0.253 e. The van der Waals surface area contributed by atoms with Gasteiger partial charge in [0.15, 0.2) is 0 Å². The molecule has 0 spiro atoms. The van der Waals surface area contributed by atoms with Crippen molar-refractivity contribution in [1.82, 2.24) is 9.88 Å². The lowest BCUT2D eigenvalue weighted by atomic mass is 10.1. The summed E-state index contributed by atoms with van der Waals surface area (Å²) in [5.74, 6) is 1.35. The third kappa shape index (κ3) is 3.79. The van der Waals surface area contributed by atoms with E-state index < -0.39 is 0 Å². The van der Waals surface area contributed by atoms with Gasteiger partial charge in [-0.1, -0.05) is 11.6 Å². The summed E-state index contributed by atoms with van der Waals surface area (Å²) in [6, 6.07) is 8.90. The van der Waals surface area contributed by atoms with Gasteiger partial charge in [0.25, 0.3) is 5.91 Å². The number of piperidine rings is 1. The van der Waals surface area contributed by atoms with Crippen LogP contribution in [0.15, 0.2) is 42.7 Å². The molecule has 0 saturated carbocycles. The van der Waals surface area contributed by atoms with Crippen molar-refractivity contribution in [3.8, 4) is 11.5 Å². The Morgan fingerprint density at radius 1 is 1.29 bits per heavy atom. The quantitative estimate of drug-likeness (QED) is 0.851. The molecule has 1 aliphatic heterocycles. The zero-order valence-electron chi connectivity index (χ0n) is 13.4. The number of methoxy groups -OCH3 is 1. The highest BCUT2D eigenvalue weighted by atomic mass is 35.5. The molecule has 5 nitrogen and oxygen atoms in total. The molecule has 2 heterocycles. The van der Waals surface area contributed by atoms with Gasteiger partial charge in [0.05, 0.1) is 13.7 Å². The Labute approximate surface area is 146 Å². The lowest BCUT2D eigenvalue weighted by Crippen LogP contribution is -2.44. The van der Waals surface area contributed by atoms with Crippen molar-refractivity contribution < 1.29 is 14.3 Å². The second-order valence-electron chi connectivity index (χ2n) is 5.67. The SMILES string of the molecule is COc1ccc(C(=O)N2CCCC(Oc3ccncc3Cl)C2)cc1. The number of carbonyl (C=O) groups excluding carboxylic acids is 1. The average Bonchev–Trinajstić information content (AvgIpc) is 2.63.